The molecule has 2 aromatic heterocycles. The molecule has 0 saturated heterocycles. The zero-order valence-corrected chi connectivity index (χ0v) is 17.3. The summed E-state index contributed by atoms with van der Waals surface area (Å²) in [6.07, 6.45) is 0.805. The zero-order valence-electron chi connectivity index (χ0n) is 17.3. The fourth-order valence-electron chi connectivity index (χ4n) is 3.24. The first-order valence-corrected chi connectivity index (χ1v) is 9.68. The lowest BCUT2D eigenvalue weighted by Gasteiger charge is -2.15. The molecule has 0 fully saturated rings. The third-order valence-corrected chi connectivity index (χ3v) is 5.19. The third-order valence-electron chi connectivity index (χ3n) is 5.19. The lowest BCUT2D eigenvalue weighted by Crippen LogP contribution is -2.13. The Morgan fingerprint density at radius 1 is 1.07 bits per heavy atom. The molecule has 0 aliphatic heterocycles. The van der Waals surface area contributed by atoms with Gasteiger partial charge in [0, 0.05) is 30.8 Å². The Bertz CT molecular complexity index is 946. The maximum atomic E-state index is 13.0. The van der Waals surface area contributed by atoms with Crippen LogP contribution in [0.5, 0.6) is 0 Å². The summed E-state index contributed by atoms with van der Waals surface area (Å²) in [5.74, 6) is 1.58. The summed E-state index contributed by atoms with van der Waals surface area (Å²) in [5.41, 5.74) is 5.61. The molecule has 0 spiro atoms. The van der Waals surface area contributed by atoms with Gasteiger partial charge in [0.05, 0.1) is 11.4 Å². The highest BCUT2D eigenvalue weighted by atomic mass is 19.1. The van der Waals surface area contributed by atoms with E-state index < -0.39 is 0 Å². The van der Waals surface area contributed by atoms with Crippen LogP contribution in [-0.2, 0) is 13.0 Å². The van der Waals surface area contributed by atoms with Crippen molar-refractivity contribution in [3.05, 3.63) is 70.2 Å². The lowest BCUT2D eigenvalue weighted by molar-refractivity contribution is 0.519. The first kappa shape index (κ1) is 20.0. The number of nitrogens with zero attached hydrogens (tertiary/aromatic N) is 4. The van der Waals surface area contributed by atoms with Crippen LogP contribution in [0.15, 0.2) is 30.3 Å². The molecule has 1 aromatic carbocycles. The number of hydrogen-bond acceptors (Lipinski definition) is 4. The second-order valence-electron chi connectivity index (χ2n) is 7.41. The van der Waals surface area contributed by atoms with Gasteiger partial charge in [-0.25, -0.2) is 14.4 Å². The Kier molecular flexibility index (Phi) is 6.07. The van der Waals surface area contributed by atoms with Gasteiger partial charge in [-0.3, -0.25) is 4.68 Å². The van der Waals surface area contributed by atoms with E-state index in [1.807, 2.05) is 32.0 Å². The summed E-state index contributed by atoms with van der Waals surface area (Å²) in [6, 6.07) is 8.62. The molecule has 0 amide bonds. The van der Waals surface area contributed by atoms with Crippen LogP contribution in [0.3, 0.4) is 0 Å². The van der Waals surface area contributed by atoms with E-state index in [4.69, 9.17) is 0 Å². The van der Waals surface area contributed by atoms with Crippen molar-refractivity contribution in [3.8, 4) is 0 Å². The van der Waals surface area contributed by atoms with Crippen molar-refractivity contribution in [1.29, 1.82) is 0 Å². The van der Waals surface area contributed by atoms with Crippen molar-refractivity contribution in [2.24, 2.45) is 0 Å². The molecule has 0 aliphatic rings. The Morgan fingerprint density at radius 3 is 2.43 bits per heavy atom. The highest BCUT2D eigenvalue weighted by molar-refractivity contribution is 5.37. The van der Waals surface area contributed by atoms with Crippen molar-refractivity contribution in [1.82, 2.24) is 19.7 Å². The fourth-order valence-corrected chi connectivity index (χ4v) is 3.24. The minimum atomic E-state index is -0.209. The first-order valence-electron chi connectivity index (χ1n) is 9.68. The van der Waals surface area contributed by atoms with Gasteiger partial charge in [-0.1, -0.05) is 19.1 Å². The Balaban J connectivity index is 1.66. The molecule has 28 heavy (non-hydrogen) atoms. The Labute approximate surface area is 166 Å². The third kappa shape index (κ3) is 4.74. The van der Waals surface area contributed by atoms with Crippen LogP contribution >= 0.6 is 0 Å². The molecule has 1 N–H and O–H groups in total. The fraction of sp³-hybridized carbons (Fsp3) is 0.409. The maximum absolute atomic E-state index is 13.0. The summed E-state index contributed by atoms with van der Waals surface area (Å²) in [6.45, 7) is 11.8. The summed E-state index contributed by atoms with van der Waals surface area (Å²) in [7, 11) is 0. The molecule has 1 atom stereocenters. The number of aromatic nitrogens is 4. The molecular weight excluding hydrogens is 353 g/mol. The topological polar surface area (TPSA) is 55.6 Å². The smallest absolute Gasteiger partial charge is 0.129 e. The standard InChI is InChI=1S/C22H28FN5/c1-14(13-28-17(4)15(2)16(3)27-28)21-12-22(26-18(5)25-21)24-11-10-19-6-8-20(23)9-7-19/h6-9,12,14H,10-11,13H2,1-5H3,(H,24,25,26). The number of nitrogens with one attached hydrogen (secondary N) is 1. The Morgan fingerprint density at radius 2 is 1.79 bits per heavy atom. The summed E-state index contributed by atoms with van der Waals surface area (Å²) in [5, 5.41) is 8.01. The number of anilines is 1. The predicted molar refractivity (Wildman–Crippen MR) is 110 cm³/mol. The van der Waals surface area contributed by atoms with Gasteiger partial charge < -0.3 is 5.32 Å². The molecule has 3 rings (SSSR count). The van der Waals surface area contributed by atoms with Gasteiger partial charge in [-0.2, -0.15) is 5.10 Å². The molecule has 0 bridgehead atoms. The van der Waals surface area contributed by atoms with Gasteiger partial charge in [-0.15, -0.1) is 0 Å². The number of rotatable bonds is 7. The number of aryl methyl sites for hydroxylation is 2. The number of halogens is 1. The van der Waals surface area contributed by atoms with Crippen LogP contribution in [0.25, 0.3) is 0 Å². The molecular formula is C22H28FN5. The van der Waals surface area contributed by atoms with Crippen molar-refractivity contribution >= 4 is 5.82 Å². The second kappa shape index (κ2) is 8.50. The quantitative estimate of drug-likeness (QED) is 0.654. The molecule has 1 unspecified atom stereocenters. The second-order valence-corrected chi connectivity index (χ2v) is 7.41. The van der Waals surface area contributed by atoms with Crippen LogP contribution in [0.2, 0.25) is 0 Å². The van der Waals surface area contributed by atoms with E-state index in [9.17, 15) is 4.39 Å². The van der Waals surface area contributed by atoms with Crippen LogP contribution < -0.4 is 5.32 Å². The SMILES string of the molecule is Cc1nc(NCCc2ccc(F)cc2)cc(C(C)Cn2nc(C)c(C)c2C)n1. The highest BCUT2D eigenvalue weighted by Gasteiger charge is 2.14. The average molecular weight is 381 g/mol. The zero-order chi connectivity index (χ0) is 20.3. The van der Waals surface area contributed by atoms with Gasteiger partial charge in [0.2, 0.25) is 0 Å². The van der Waals surface area contributed by atoms with E-state index in [0.29, 0.717) is 0 Å². The monoisotopic (exact) mass is 381 g/mol. The summed E-state index contributed by atoms with van der Waals surface area (Å²) < 4.78 is 15.1. The van der Waals surface area contributed by atoms with Crippen LogP contribution in [-0.4, -0.2) is 26.3 Å². The van der Waals surface area contributed by atoms with Crippen LogP contribution in [0.1, 0.15) is 46.9 Å². The van der Waals surface area contributed by atoms with E-state index >= 15 is 0 Å². The normalized spacial score (nSPS) is 12.2. The summed E-state index contributed by atoms with van der Waals surface area (Å²) in [4.78, 5) is 9.13. The van der Waals surface area contributed by atoms with Crippen molar-refractivity contribution < 1.29 is 4.39 Å². The Hall–Kier alpha value is -2.76. The largest absolute Gasteiger partial charge is 0.370 e. The van der Waals surface area contributed by atoms with E-state index in [-0.39, 0.29) is 11.7 Å². The van der Waals surface area contributed by atoms with Gasteiger partial charge in [0.25, 0.3) is 0 Å². The minimum absolute atomic E-state index is 0.209. The number of hydrogen-bond donors (Lipinski definition) is 1. The van der Waals surface area contributed by atoms with Gasteiger partial charge >= 0.3 is 0 Å². The maximum Gasteiger partial charge on any atom is 0.129 e. The molecule has 0 aliphatic carbocycles. The van der Waals surface area contributed by atoms with Gasteiger partial charge in [0.1, 0.15) is 17.5 Å². The molecule has 148 valence electrons. The predicted octanol–water partition coefficient (Wildman–Crippen LogP) is 4.50. The summed E-state index contributed by atoms with van der Waals surface area (Å²) >= 11 is 0. The lowest BCUT2D eigenvalue weighted by atomic mass is 10.1. The molecule has 6 heteroatoms. The van der Waals surface area contributed by atoms with E-state index in [1.54, 1.807) is 0 Å². The van der Waals surface area contributed by atoms with Crippen molar-refractivity contribution in [2.75, 3.05) is 11.9 Å². The van der Waals surface area contributed by atoms with Gasteiger partial charge in [0.15, 0.2) is 0 Å². The molecule has 2 heterocycles. The van der Waals surface area contributed by atoms with E-state index in [0.717, 1.165) is 48.1 Å². The molecule has 3 aromatic rings. The van der Waals surface area contributed by atoms with Crippen molar-refractivity contribution in [2.45, 2.75) is 53.5 Å². The van der Waals surface area contributed by atoms with Gasteiger partial charge in [-0.05, 0) is 57.4 Å². The van der Waals surface area contributed by atoms with E-state index in [1.165, 1.54) is 23.4 Å². The van der Waals surface area contributed by atoms with E-state index in [2.05, 4.69) is 45.8 Å². The highest BCUT2D eigenvalue weighted by Crippen LogP contribution is 2.20. The molecule has 0 radical (unpaired) electrons. The first-order chi connectivity index (χ1) is 13.3. The minimum Gasteiger partial charge on any atom is -0.370 e. The molecule has 0 saturated carbocycles. The molecule has 5 nitrogen and oxygen atoms in total. The van der Waals surface area contributed by atoms with Crippen molar-refractivity contribution in [3.63, 3.8) is 0 Å². The van der Waals surface area contributed by atoms with Crippen LogP contribution in [0, 0.1) is 33.5 Å². The number of benzene rings is 1. The average Bonchev–Trinajstić information content (AvgIpc) is 2.89. The van der Waals surface area contributed by atoms with Crippen LogP contribution in [0.4, 0.5) is 10.2 Å².